The molecule has 0 aliphatic carbocycles. The molecule has 2 aromatic heterocycles. The molecule has 6 aromatic rings. The first kappa shape index (κ1) is 25.8. The van der Waals surface area contributed by atoms with Crippen LogP contribution < -0.4 is 14.5 Å². The number of pyridine rings is 1. The number of halogens is 2. The zero-order valence-corrected chi connectivity index (χ0v) is 22.1. The van der Waals surface area contributed by atoms with Gasteiger partial charge in [-0.1, -0.05) is 42.5 Å². The number of nitrogens with zero attached hydrogens (tertiary/aromatic N) is 5. The highest BCUT2D eigenvalue weighted by molar-refractivity contribution is 5.80. The summed E-state index contributed by atoms with van der Waals surface area (Å²) in [6.07, 6.45) is 4.82. The molecule has 0 radical (unpaired) electrons. The van der Waals surface area contributed by atoms with Gasteiger partial charge in [0, 0.05) is 67.0 Å². The molecule has 0 saturated carbocycles. The van der Waals surface area contributed by atoms with Crippen LogP contribution in [0.4, 0.5) is 37.3 Å². The Morgan fingerprint density at radius 1 is 0.659 bits per heavy atom. The lowest BCUT2D eigenvalue weighted by Crippen LogP contribution is -2.14. The van der Waals surface area contributed by atoms with Gasteiger partial charge in [0.1, 0.15) is 17.3 Å². The molecule has 0 aliphatic rings. The Hall–Kier alpha value is -5.50. The molecule has 0 bridgehead atoms. The smallest absolute Gasteiger partial charge is 0.168 e. The lowest BCUT2D eigenvalue weighted by atomic mass is 10.1. The van der Waals surface area contributed by atoms with Crippen molar-refractivity contribution in [2.24, 2.45) is 0 Å². The maximum atomic E-state index is 15.0. The second kappa shape index (κ2) is 11.3. The van der Waals surface area contributed by atoms with E-state index in [1.165, 1.54) is 16.9 Å². The Morgan fingerprint density at radius 3 is 1.98 bits per heavy atom. The van der Waals surface area contributed by atoms with Crippen molar-refractivity contribution in [2.45, 2.75) is 0 Å². The van der Waals surface area contributed by atoms with Gasteiger partial charge >= 0.3 is 0 Å². The Labute approximate surface area is 236 Å². The summed E-state index contributed by atoms with van der Waals surface area (Å²) in [7, 11) is 1.90. The van der Waals surface area contributed by atoms with Gasteiger partial charge in [-0.2, -0.15) is 5.10 Å². The molecule has 202 valence electrons. The van der Waals surface area contributed by atoms with Crippen molar-refractivity contribution in [3.05, 3.63) is 145 Å². The summed E-state index contributed by atoms with van der Waals surface area (Å²) < 4.78 is 37.2. The standard InChI is InChI=1S/C33H25F2N5O/c1-38(33-15-8-9-16-36-33)26-19-27(40(24-11-4-2-5-12-24)25-13-6-3-7-14-25)21-28(20-26)41-32-23-31(29(34)22-30(32)35)39-18-10-17-37-39/h2-23H,1H3. The number of aromatic nitrogens is 3. The van der Waals surface area contributed by atoms with Gasteiger partial charge in [-0.05, 0) is 48.5 Å². The molecule has 0 unspecified atom stereocenters. The minimum atomic E-state index is -0.827. The van der Waals surface area contributed by atoms with E-state index in [1.807, 2.05) is 103 Å². The van der Waals surface area contributed by atoms with E-state index >= 15 is 4.39 Å². The Kier molecular flexibility index (Phi) is 7.11. The summed E-state index contributed by atoms with van der Waals surface area (Å²) in [5.74, 6) is -0.635. The maximum Gasteiger partial charge on any atom is 0.168 e. The molecular formula is C33H25F2N5O. The fourth-order valence-electron chi connectivity index (χ4n) is 4.55. The Bertz CT molecular complexity index is 1710. The first-order chi connectivity index (χ1) is 20.1. The molecular weight excluding hydrogens is 520 g/mol. The maximum absolute atomic E-state index is 15.0. The monoisotopic (exact) mass is 545 g/mol. The summed E-state index contributed by atoms with van der Waals surface area (Å²) in [5, 5.41) is 4.08. The van der Waals surface area contributed by atoms with Gasteiger partial charge in [0.2, 0.25) is 0 Å². The van der Waals surface area contributed by atoms with Crippen LogP contribution in [0.3, 0.4) is 0 Å². The van der Waals surface area contributed by atoms with Crippen LogP contribution in [0.1, 0.15) is 0 Å². The second-order valence-corrected chi connectivity index (χ2v) is 9.23. The average molecular weight is 546 g/mol. The SMILES string of the molecule is CN(c1cc(Oc2cc(-n3cccn3)c(F)cc2F)cc(N(c2ccccc2)c2ccccc2)c1)c1ccccn1. The molecule has 4 aromatic carbocycles. The quantitative estimate of drug-likeness (QED) is 0.192. The van der Waals surface area contributed by atoms with Gasteiger partial charge in [-0.25, -0.2) is 18.4 Å². The summed E-state index contributed by atoms with van der Waals surface area (Å²) in [4.78, 5) is 8.48. The van der Waals surface area contributed by atoms with Crippen LogP contribution in [-0.2, 0) is 0 Å². The van der Waals surface area contributed by atoms with Crippen molar-refractivity contribution in [1.82, 2.24) is 14.8 Å². The molecule has 0 amide bonds. The fraction of sp³-hybridized carbons (Fsp3) is 0.0303. The normalized spacial score (nSPS) is 10.8. The Morgan fingerprint density at radius 2 is 1.34 bits per heavy atom. The minimum absolute atomic E-state index is 0.0728. The third kappa shape index (κ3) is 5.49. The molecule has 41 heavy (non-hydrogen) atoms. The van der Waals surface area contributed by atoms with Crippen molar-refractivity contribution in [2.75, 3.05) is 16.8 Å². The summed E-state index contributed by atoms with van der Waals surface area (Å²) in [6.45, 7) is 0. The van der Waals surface area contributed by atoms with Crippen molar-refractivity contribution in [3.8, 4) is 17.2 Å². The van der Waals surface area contributed by atoms with Gasteiger partial charge < -0.3 is 14.5 Å². The van der Waals surface area contributed by atoms with Crippen LogP contribution in [0.5, 0.6) is 11.5 Å². The van der Waals surface area contributed by atoms with E-state index in [4.69, 9.17) is 4.74 Å². The van der Waals surface area contributed by atoms with Crippen molar-refractivity contribution < 1.29 is 13.5 Å². The van der Waals surface area contributed by atoms with Crippen molar-refractivity contribution in [1.29, 1.82) is 0 Å². The van der Waals surface area contributed by atoms with Gasteiger partial charge in [0.15, 0.2) is 17.4 Å². The average Bonchev–Trinajstić information content (AvgIpc) is 3.55. The summed E-state index contributed by atoms with van der Waals surface area (Å²) in [5.41, 5.74) is 3.45. The topological polar surface area (TPSA) is 46.4 Å². The summed E-state index contributed by atoms with van der Waals surface area (Å²) in [6, 6.07) is 34.9. The fourth-order valence-corrected chi connectivity index (χ4v) is 4.55. The number of rotatable bonds is 8. The van der Waals surface area contributed by atoms with Crippen LogP contribution in [0.15, 0.2) is 134 Å². The molecule has 0 atom stereocenters. The van der Waals surface area contributed by atoms with Gasteiger partial charge in [0.25, 0.3) is 0 Å². The number of benzene rings is 4. The van der Waals surface area contributed by atoms with Crippen LogP contribution in [-0.4, -0.2) is 21.8 Å². The molecule has 0 saturated heterocycles. The molecule has 0 fully saturated rings. The lowest BCUT2D eigenvalue weighted by molar-refractivity contribution is 0.436. The van der Waals surface area contributed by atoms with Crippen molar-refractivity contribution >= 4 is 28.6 Å². The van der Waals surface area contributed by atoms with E-state index in [1.54, 1.807) is 24.5 Å². The molecule has 0 spiro atoms. The Balaban J connectivity index is 1.50. The largest absolute Gasteiger partial charge is 0.454 e. The second-order valence-electron chi connectivity index (χ2n) is 9.23. The zero-order chi connectivity index (χ0) is 28.2. The van der Waals surface area contributed by atoms with Gasteiger partial charge in [0.05, 0.1) is 5.69 Å². The molecule has 0 aliphatic heterocycles. The van der Waals surface area contributed by atoms with Crippen LogP contribution in [0.25, 0.3) is 5.69 Å². The van der Waals surface area contributed by atoms with Gasteiger partial charge in [-0.15, -0.1) is 0 Å². The van der Waals surface area contributed by atoms with Crippen LogP contribution in [0, 0.1) is 11.6 Å². The van der Waals surface area contributed by atoms with E-state index in [9.17, 15) is 4.39 Å². The van der Waals surface area contributed by atoms with E-state index in [-0.39, 0.29) is 11.4 Å². The number of ether oxygens (including phenoxy) is 1. The molecule has 6 rings (SSSR count). The number of hydrogen-bond donors (Lipinski definition) is 0. The molecule has 0 N–H and O–H groups in total. The predicted octanol–water partition coefficient (Wildman–Crippen LogP) is 8.58. The first-order valence-corrected chi connectivity index (χ1v) is 12.9. The number of hydrogen-bond acceptors (Lipinski definition) is 5. The van der Waals surface area contributed by atoms with E-state index in [2.05, 4.69) is 15.0 Å². The molecule has 6 nitrogen and oxygen atoms in total. The number of para-hydroxylation sites is 2. The van der Waals surface area contributed by atoms with E-state index in [0.717, 1.165) is 34.6 Å². The molecule has 8 heteroatoms. The summed E-state index contributed by atoms with van der Waals surface area (Å²) >= 11 is 0. The molecule has 2 heterocycles. The predicted molar refractivity (Wildman–Crippen MR) is 157 cm³/mol. The third-order valence-electron chi connectivity index (χ3n) is 6.52. The highest BCUT2D eigenvalue weighted by Crippen LogP contribution is 2.41. The first-order valence-electron chi connectivity index (χ1n) is 12.9. The van der Waals surface area contributed by atoms with Crippen LogP contribution >= 0.6 is 0 Å². The third-order valence-corrected chi connectivity index (χ3v) is 6.52. The zero-order valence-electron chi connectivity index (χ0n) is 22.1. The van der Waals surface area contributed by atoms with Crippen molar-refractivity contribution in [3.63, 3.8) is 0 Å². The number of anilines is 5. The minimum Gasteiger partial charge on any atom is -0.454 e. The highest BCUT2D eigenvalue weighted by atomic mass is 19.1. The van der Waals surface area contributed by atoms with Crippen LogP contribution in [0.2, 0.25) is 0 Å². The van der Waals surface area contributed by atoms with E-state index < -0.39 is 11.6 Å². The lowest BCUT2D eigenvalue weighted by Gasteiger charge is -2.28. The highest BCUT2D eigenvalue weighted by Gasteiger charge is 2.19. The van der Waals surface area contributed by atoms with E-state index in [0.29, 0.717) is 5.75 Å². The van der Waals surface area contributed by atoms with Gasteiger partial charge in [-0.3, -0.25) is 0 Å².